The number of nitrogens with two attached hydrogens (primary N) is 2. The Labute approximate surface area is 241 Å². The van der Waals surface area contributed by atoms with Crippen molar-refractivity contribution < 1.29 is 34.1 Å². The van der Waals surface area contributed by atoms with Crippen molar-refractivity contribution in [1.29, 1.82) is 0 Å². The molecule has 0 spiro atoms. The minimum absolute atomic E-state index is 0.0281. The van der Waals surface area contributed by atoms with Gasteiger partial charge in [-0.15, -0.1) is 0 Å². The molecule has 0 bridgehead atoms. The van der Waals surface area contributed by atoms with Crippen molar-refractivity contribution in [1.82, 2.24) is 15.3 Å². The number of carbonyl (C=O) groups excluding carboxylic acids is 2. The van der Waals surface area contributed by atoms with Gasteiger partial charge in [0.15, 0.2) is 5.82 Å². The Morgan fingerprint density at radius 3 is 2.40 bits per heavy atom. The highest BCUT2D eigenvalue weighted by molar-refractivity contribution is 5.97. The fourth-order valence-electron chi connectivity index (χ4n) is 3.61. The Kier molecular flexibility index (Phi) is 12.5. The predicted molar refractivity (Wildman–Crippen MR) is 155 cm³/mol. The second kappa shape index (κ2) is 15.8. The quantitative estimate of drug-likeness (QED) is 0.150. The molecule has 0 fully saturated rings. The molecule has 1 aliphatic rings. The first-order valence-electron chi connectivity index (χ1n) is 13.2. The molecule has 1 amide bonds. The Balaban J connectivity index is 0.000000528. The van der Waals surface area contributed by atoms with Crippen LogP contribution < -0.4 is 38.3 Å². The Bertz CT molecular complexity index is 1300. The number of anilines is 4. The van der Waals surface area contributed by atoms with Crippen LogP contribution in [-0.2, 0) is 19.1 Å². The highest BCUT2D eigenvalue weighted by Gasteiger charge is 2.23. The predicted octanol–water partition coefficient (Wildman–Crippen LogP) is 0.251. The topological polar surface area (TPSA) is 264 Å². The van der Waals surface area contributed by atoms with E-state index in [0.717, 1.165) is 0 Å². The molecule has 3 unspecified atom stereocenters. The van der Waals surface area contributed by atoms with Gasteiger partial charge in [-0.3, -0.25) is 24.2 Å². The van der Waals surface area contributed by atoms with E-state index in [-0.39, 0.29) is 47.8 Å². The van der Waals surface area contributed by atoms with Crippen molar-refractivity contribution in [3.05, 3.63) is 40.2 Å². The first-order valence-corrected chi connectivity index (χ1v) is 13.2. The van der Waals surface area contributed by atoms with Crippen LogP contribution in [0.4, 0.5) is 23.1 Å². The molecular weight excluding hydrogens is 552 g/mol. The van der Waals surface area contributed by atoms with Crippen LogP contribution in [0, 0.1) is 5.92 Å². The average Bonchev–Trinajstić information content (AvgIpc) is 2.94. The third kappa shape index (κ3) is 10.3. The van der Waals surface area contributed by atoms with E-state index in [1.165, 1.54) is 12.1 Å². The van der Waals surface area contributed by atoms with Gasteiger partial charge in [0.2, 0.25) is 5.95 Å². The third-order valence-electron chi connectivity index (χ3n) is 6.03. The standard InChI is InChI=1S/C19H23N7O6.C7H15NO2/c20-19-25-15-14(17(30)26-19)23-11(8-22-15)7-21-10-3-1-9(2-4-10)16(29)24-12(18(31)32)5-6-13(27)28;1-4-10-7(9)6(8)5(2)3/h1-4,11-12,21,23H,5-8H2,(H,24,29)(H,27,28)(H,31,32)(H4,20,22,25,26,30);5-6H,4,8H2,1-3H3. The number of amides is 1. The summed E-state index contributed by atoms with van der Waals surface area (Å²) in [4.78, 5) is 63.4. The lowest BCUT2D eigenvalue weighted by atomic mass is 10.1. The minimum Gasteiger partial charge on any atom is -0.481 e. The van der Waals surface area contributed by atoms with Gasteiger partial charge in [0.1, 0.15) is 17.8 Å². The van der Waals surface area contributed by atoms with Gasteiger partial charge in [0, 0.05) is 30.8 Å². The van der Waals surface area contributed by atoms with E-state index in [2.05, 4.69) is 31.2 Å². The van der Waals surface area contributed by atoms with Crippen molar-refractivity contribution in [3.63, 3.8) is 0 Å². The number of ether oxygens (including phenoxy) is 1. The molecule has 11 N–H and O–H groups in total. The van der Waals surface area contributed by atoms with E-state index in [0.29, 0.717) is 36.9 Å². The zero-order valence-corrected chi connectivity index (χ0v) is 23.6. The number of carboxylic acids is 2. The molecule has 0 saturated heterocycles. The summed E-state index contributed by atoms with van der Waals surface area (Å²) >= 11 is 0. The van der Waals surface area contributed by atoms with Gasteiger partial charge in [-0.1, -0.05) is 13.8 Å². The summed E-state index contributed by atoms with van der Waals surface area (Å²) in [6.07, 6.45) is -0.587. The maximum absolute atomic E-state index is 12.3. The van der Waals surface area contributed by atoms with Gasteiger partial charge in [-0.05, 0) is 43.5 Å². The summed E-state index contributed by atoms with van der Waals surface area (Å²) in [5.74, 6) is -2.80. The maximum atomic E-state index is 12.3. The van der Waals surface area contributed by atoms with E-state index in [4.69, 9.17) is 26.4 Å². The molecule has 42 heavy (non-hydrogen) atoms. The number of fused-ring (bicyclic) bond motifs is 1. The molecule has 2 heterocycles. The van der Waals surface area contributed by atoms with Crippen molar-refractivity contribution >= 4 is 47.0 Å². The largest absolute Gasteiger partial charge is 0.481 e. The minimum atomic E-state index is -1.30. The number of carbonyl (C=O) groups is 4. The first kappa shape index (κ1) is 33.3. The van der Waals surface area contributed by atoms with Crippen LogP contribution in [0.2, 0.25) is 0 Å². The molecular formula is C26H38N8O8. The molecule has 3 rings (SSSR count). The van der Waals surface area contributed by atoms with E-state index in [1.807, 2.05) is 13.8 Å². The summed E-state index contributed by atoms with van der Waals surface area (Å²) in [5.41, 5.74) is 11.9. The Morgan fingerprint density at radius 2 is 1.83 bits per heavy atom. The van der Waals surface area contributed by atoms with Crippen LogP contribution >= 0.6 is 0 Å². The van der Waals surface area contributed by atoms with Gasteiger partial charge in [0.25, 0.3) is 11.5 Å². The summed E-state index contributed by atoms with van der Waals surface area (Å²) in [6.45, 7) is 6.91. The number of esters is 1. The zero-order chi connectivity index (χ0) is 31.4. The van der Waals surface area contributed by atoms with Crippen LogP contribution in [0.5, 0.6) is 0 Å². The van der Waals surface area contributed by atoms with Gasteiger partial charge >= 0.3 is 17.9 Å². The van der Waals surface area contributed by atoms with E-state index in [9.17, 15) is 24.0 Å². The molecule has 2 aromatic rings. The Hall–Kier alpha value is -4.86. The summed E-state index contributed by atoms with van der Waals surface area (Å²) in [6, 6.07) is 4.46. The SMILES string of the molecule is CCOC(=O)C(N)C(C)C.Nc1nc2c(c(=O)[nH]1)NC(CNc1ccc(C(=O)NC(CCC(=O)O)C(=O)O)cc1)CN2. The number of carboxylic acid groups (broad SMARTS) is 2. The average molecular weight is 591 g/mol. The van der Waals surface area contributed by atoms with Crippen LogP contribution in [0.15, 0.2) is 29.1 Å². The molecule has 16 nitrogen and oxygen atoms in total. The molecule has 230 valence electrons. The number of benzene rings is 1. The lowest BCUT2D eigenvalue weighted by Gasteiger charge is -2.27. The van der Waals surface area contributed by atoms with Crippen LogP contribution in [0.1, 0.15) is 44.0 Å². The van der Waals surface area contributed by atoms with Gasteiger partial charge < -0.3 is 47.7 Å². The van der Waals surface area contributed by atoms with Crippen molar-refractivity contribution in [2.45, 2.75) is 51.7 Å². The van der Waals surface area contributed by atoms with Crippen LogP contribution in [0.3, 0.4) is 0 Å². The second-order valence-corrected chi connectivity index (χ2v) is 9.67. The van der Waals surface area contributed by atoms with Gasteiger partial charge in [0.05, 0.1) is 12.6 Å². The number of nitrogen functional groups attached to an aromatic ring is 1. The number of rotatable bonds is 12. The van der Waals surface area contributed by atoms with Crippen molar-refractivity contribution in [2.75, 3.05) is 41.4 Å². The van der Waals surface area contributed by atoms with Crippen LogP contribution in [-0.4, -0.2) is 81.8 Å². The normalized spacial score (nSPS) is 14.9. The van der Waals surface area contributed by atoms with Crippen molar-refractivity contribution in [2.24, 2.45) is 11.7 Å². The number of aromatic amines is 1. The number of hydrogen-bond donors (Lipinski definition) is 9. The monoisotopic (exact) mass is 590 g/mol. The number of aliphatic carboxylic acids is 2. The van der Waals surface area contributed by atoms with E-state index >= 15 is 0 Å². The zero-order valence-electron chi connectivity index (χ0n) is 23.6. The number of nitrogens with zero attached hydrogens (tertiary/aromatic N) is 1. The highest BCUT2D eigenvalue weighted by atomic mass is 16.5. The van der Waals surface area contributed by atoms with Crippen LogP contribution in [0.25, 0.3) is 0 Å². The fourth-order valence-corrected chi connectivity index (χ4v) is 3.61. The lowest BCUT2D eigenvalue weighted by Crippen LogP contribution is -2.41. The lowest BCUT2D eigenvalue weighted by molar-refractivity contribution is -0.146. The molecule has 16 heteroatoms. The number of hydrogen-bond acceptors (Lipinski definition) is 12. The van der Waals surface area contributed by atoms with E-state index < -0.39 is 29.9 Å². The number of nitrogens with one attached hydrogen (secondary N) is 5. The summed E-state index contributed by atoms with van der Waals surface area (Å²) in [5, 5.41) is 29.5. The maximum Gasteiger partial charge on any atom is 0.326 e. The van der Waals surface area contributed by atoms with Gasteiger partial charge in [-0.2, -0.15) is 4.98 Å². The highest BCUT2D eigenvalue weighted by Crippen LogP contribution is 2.20. The summed E-state index contributed by atoms with van der Waals surface area (Å²) in [7, 11) is 0. The molecule has 3 atom stereocenters. The van der Waals surface area contributed by atoms with Gasteiger partial charge in [-0.25, -0.2) is 4.79 Å². The first-order chi connectivity index (χ1) is 19.8. The Morgan fingerprint density at radius 1 is 1.17 bits per heavy atom. The molecule has 1 aliphatic heterocycles. The van der Waals surface area contributed by atoms with E-state index in [1.54, 1.807) is 19.1 Å². The summed E-state index contributed by atoms with van der Waals surface area (Å²) < 4.78 is 4.70. The molecule has 0 saturated carbocycles. The number of aromatic nitrogens is 2. The third-order valence-corrected chi connectivity index (χ3v) is 6.03. The smallest absolute Gasteiger partial charge is 0.326 e. The fraction of sp³-hybridized carbons (Fsp3) is 0.462. The number of H-pyrrole nitrogens is 1. The van der Waals surface area contributed by atoms with Crippen molar-refractivity contribution in [3.8, 4) is 0 Å². The second-order valence-electron chi connectivity index (χ2n) is 9.67. The molecule has 0 aliphatic carbocycles. The molecule has 0 radical (unpaired) electrons. The molecule has 1 aromatic heterocycles. The molecule has 1 aromatic carbocycles.